The largest absolute Gasteiger partial charge is 0.396 e. The summed E-state index contributed by atoms with van der Waals surface area (Å²) in [6.07, 6.45) is 24.9. The molecule has 0 heterocycles. The minimum atomic E-state index is 0.258. The van der Waals surface area contributed by atoms with Gasteiger partial charge in [-0.25, -0.2) is 0 Å². The van der Waals surface area contributed by atoms with Crippen LogP contribution in [0.2, 0.25) is 0 Å². The second-order valence-corrected chi connectivity index (χ2v) is 7.97. The van der Waals surface area contributed by atoms with E-state index in [-0.39, 0.29) is 13.2 Å². The Morgan fingerprint density at radius 2 is 1.11 bits per heavy atom. The summed E-state index contributed by atoms with van der Waals surface area (Å²) >= 11 is 0. The van der Waals surface area contributed by atoms with Gasteiger partial charge in [-0.2, -0.15) is 0 Å². The summed E-state index contributed by atoms with van der Waals surface area (Å²) in [6.45, 7) is 4.98. The van der Waals surface area contributed by atoms with E-state index in [4.69, 9.17) is 10.2 Å². The normalized spacial score (nSPS) is 11.9. The molecule has 0 fully saturated rings. The lowest BCUT2D eigenvalue weighted by molar-refractivity contribution is 0.207. The molecule has 0 aliphatic heterocycles. The van der Waals surface area contributed by atoms with E-state index >= 15 is 0 Å². The maximum atomic E-state index is 9.02. The summed E-state index contributed by atoms with van der Waals surface area (Å²) in [7, 11) is 0. The molecular weight excluding hydrogens is 334 g/mol. The van der Waals surface area contributed by atoms with Crippen LogP contribution in [0.1, 0.15) is 110 Å². The highest BCUT2D eigenvalue weighted by Gasteiger charge is 2.06. The van der Waals surface area contributed by atoms with Crippen molar-refractivity contribution in [1.29, 1.82) is 0 Å². The zero-order valence-electron chi connectivity index (χ0n) is 18.3. The van der Waals surface area contributed by atoms with E-state index in [0.29, 0.717) is 5.92 Å². The fourth-order valence-electron chi connectivity index (χ4n) is 3.66. The number of aliphatic hydroxyl groups excluding tert-OH is 2. The summed E-state index contributed by atoms with van der Waals surface area (Å²) in [5.41, 5.74) is 0. The van der Waals surface area contributed by atoms with Crippen LogP contribution in [0.4, 0.5) is 0 Å². The van der Waals surface area contributed by atoms with Crippen LogP contribution in [0.5, 0.6) is 0 Å². The molecule has 0 saturated carbocycles. The first kappa shape index (κ1) is 26.6. The predicted octanol–water partition coefficient (Wildman–Crippen LogP) is 5.99. The van der Waals surface area contributed by atoms with Crippen molar-refractivity contribution in [3.05, 3.63) is 12.2 Å². The Morgan fingerprint density at radius 3 is 1.63 bits per heavy atom. The van der Waals surface area contributed by atoms with E-state index in [0.717, 1.165) is 25.8 Å². The molecule has 0 aliphatic rings. The van der Waals surface area contributed by atoms with Gasteiger partial charge in [0.1, 0.15) is 0 Å². The van der Waals surface area contributed by atoms with Gasteiger partial charge in [0, 0.05) is 13.2 Å². The van der Waals surface area contributed by atoms with Crippen molar-refractivity contribution >= 4 is 0 Å². The molecule has 3 heteroatoms. The van der Waals surface area contributed by atoms with Gasteiger partial charge in [-0.1, -0.05) is 76.9 Å². The summed E-state index contributed by atoms with van der Waals surface area (Å²) in [4.78, 5) is 0. The van der Waals surface area contributed by atoms with Crippen molar-refractivity contribution in [2.75, 3.05) is 26.3 Å². The van der Waals surface area contributed by atoms with E-state index in [1.165, 1.54) is 90.0 Å². The number of allylic oxidation sites excluding steroid dienone is 2. The Hall–Kier alpha value is -0.380. The van der Waals surface area contributed by atoms with Crippen LogP contribution in [-0.4, -0.2) is 36.5 Å². The fraction of sp³-hybridized carbons (Fsp3) is 0.917. The van der Waals surface area contributed by atoms with Crippen molar-refractivity contribution < 1.29 is 10.2 Å². The fourth-order valence-corrected chi connectivity index (χ4v) is 3.66. The van der Waals surface area contributed by atoms with Gasteiger partial charge in [0.25, 0.3) is 0 Å². The second-order valence-electron chi connectivity index (χ2n) is 7.97. The molecule has 0 rings (SSSR count). The standard InChI is InChI=1S/C24H49NO2/c1-2-25-21-17-15-13-11-9-7-5-3-4-6-8-10-12-14-16-18-24(19-22-26)20-23-27/h3-4,24-27H,2,5-23H2,1H3. The highest BCUT2D eigenvalue weighted by molar-refractivity contribution is 4.81. The summed E-state index contributed by atoms with van der Waals surface area (Å²) in [6, 6.07) is 0. The monoisotopic (exact) mass is 383 g/mol. The third-order valence-electron chi connectivity index (χ3n) is 5.45. The topological polar surface area (TPSA) is 52.5 Å². The van der Waals surface area contributed by atoms with E-state index in [1.54, 1.807) is 0 Å². The lowest BCUT2D eigenvalue weighted by atomic mass is 9.95. The Kier molecular flexibility index (Phi) is 23.3. The first-order valence-electron chi connectivity index (χ1n) is 11.9. The Morgan fingerprint density at radius 1 is 0.630 bits per heavy atom. The number of hydrogen-bond donors (Lipinski definition) is 3. The van der Waals surface area contributed by atoms with Crippen LogP contribution >= 0.6 is 0 Å². The molecule has 0 saturated heterocycles. The minimum absolute atomic E-state index is 0.258. The van der Waals surface area contributed by atoms with Crippen molar-refractivity contribution in [2.24, 2.45) is 5.92 Å². The maximum Gasteiger partial charge on any atom is 0.0433 e. The minimum Gasteiger partial charge on any atom is -0.396 e. The molecule has 27 heavy (non-hydrogen) atoms. The Balaban J connectivity index is 3.22. The highest BCUT2D eigenvalue weighted by atomic mass is 16.3. The van der Waals surface area contributed by atoms with E-state index in [2.05, 4.69) is 24.4 Å². The number of rotatable bonds is 22. The van der Waals surface area contributed by atoms with Crippen LogP contribution in [0, 0.1) is 5.92 Å². The molecule has 0 aliphatic carbocycles. The molecule has 0 spiro atoms. The van der Waals surface area contributed by atoms with Crippen molar-refractivity contribution in [1.82, 2.24) is 5.32 Å². The molecule has 0 aromatic carbocycles. The summed E-state index contributed by atoms with van der Waals surface area (Å²) in [5.74, 6) is 0.515. The Bertz CT molecular complexity index is 288. The molecule has 0 aromatic rings. The third-order valence-corrected chi connectivity index (χ3v) is 5.45. The molecular formula is C24H49NO2. The third kappa shape index (κ3) is 21.8. The van der Waals surface area contributed by atoms with Crippen molar-refractivity contribution in [3.8, 4) is 0 Å². The lowest BCUT2D eigenvalue weighted by Gasteiger charge is -2.13. The van der Waals surface area contributed by atoms with Gasteiger partial charge in [-0.3, -0.25) is 0 Å². The van der Waals surface area contributed by atoms with Gasteiger partial charge >= 0.3 is 0 Å². The lowest BCUT2D eigenvalue weighted by Crippen LogP contribution is -2.13. The number of unbranched alkanes of at least 4 members (excludes halogenated alkanes) is 11. The molecule has 3 nitrogen and oxygen atoms in total. The van der Waals surface area contributed by atoms with Gasteiger partial charge in [-0.15, -0.1) is 0 Å². The van der Waals surface area contributed by atoms with Gasteiger partial charge < -0.3 is 15.5 Å². The highest BCUT2D eigenvalue weighted by Crippen LogP contribution is 2.18. The molecule has 0 amide bonds. The second kappa shape index (κ2) is 23.7. The summed E-state index contributed by atoms with van der Waals surface area (Å²) in [5, 5.41) is 21.4. The number of hydrogen-bond acceptors (Lipinski definition) is 3. The van der Waals surface area contributed by atoms with E-state index in [9.17, 15) is 0 Å². The average molecular weight is 384 g/mol. The number of nitrogens with one attached hydrogen (secondary N) is 1. The smallest absolute Gasteiger partial charge is 0.0433 e. The number of aliphatic hydroxyl groups is 2. The molecule has 0 radical (unpaired) electrons. The van der Waals surface area contributed by atoms with Gasteiger partial charge in [0.15, 0.2) is 0 Å². The molecule has 0 bridgehead atoms. The van der Waals surface area contributed by atoms with Gasteiger partial charge in [0.2, 0.25) is 0 Å². The molecule has 162 valence electrons. The van der Waals surface area contributed by atoms with Crippen LogP contribution in [0.15, 0.2) is 12.2 Å². The zero-order chi connectivity index (χ0) is 19.8. The first-order valence-corrected chi connectivity index (χ1v) is 11.9. The van der Waals surface area contributed by atoms with Crippen LogP contribution < -0.4 is 5.32 Å². The van der Waals surface area contributed by atoms with Crippen LogP contribution in [0.25, 0.3) is 0 Å². The molecule has 0 unspecified atom stereocenters. The Labute approximate surface area is 170 Å². The van der Waals surface area contributed by atoms with E-state index < -0.39 is 0 Å². The van der Waals surface area contributed by atoms with Crippen molar-refractivity contribution in [2.45, 2.75) is 110 Å². The van der Waals surface area contributed by atoms with Gasteiger partial charge in [0.05, 0.1) is 0 Å². The SMILES string of the molecule is CCNCCCCCCCCC=CCCCCCCCC(CCO)CCO. The zero-order valence-corrected chi connectivity index (χ0v) is 18.3. The molecule has 0 atom stereocenters. The van der Waals surface area contributed by atoms with Crippen LogP contribution in [-0.2, 0) is 0 Å². The molecule has 3 N–H and O–H groups in total. The quantitative estimate of drug-likeness (QED) is 0.159. The first-order chi connectivity index (χ1) is 13.3. The average Bonchev–Trinajstić information content (AvgIpc) is 2.67. The van der Waals surface area contributed by atoms with Gasteiger partial charge in [-0.05, 0) is 64.0 Å². The summed E-state index contributed by atoms with van der Waals surface area (Å²) < 4.78 is 0. The van der Waals surface area contributed by atoms with E-state index in [1.807, 2.05) is 0 Å². The van der Waals surface area contributed by atoms with Crippen molar-refractivity contribution in [3.63, 3.8) is 0 Å². The molecule has 0 aromatic heterocycles. The van der Waals surface area contributed by atoms with Crippen LogP contribution in [0.3, 0.4) is 0 Å². The maximum absolute atomic E-state index is 9.02. The predicted molar refractivity (Wildman–Crippen MR) is 119 cm³/mol.